The smallest absolute Gasteiger partial charge is 0.00228 e. The minimum Gasteiger partial charge on any atom is -0.0988 e. The van der Waals surface area contributed by atoms with E-state index >= 15 is 0 Å². The first kappa shape index (κ1) is 33.4. The summed E-state index contributed by atoms with van der Waals surface area (Å²) in [4.78, 5) is 0. The molecule has 0 spiro atoms. The van der Waals surface area contributed by atoms with E-state index in [1.165, 1.54) is 35.1 Å². The average Bonchev–Trinajstić information content (AvgIpc) is 2.85. The van der Waals surface area contributed by atoms with Crippen LogP contribution < -0.4 is 0 Å². The molecular formula is C36H54. The number of fused-ring (bicyclic) bond motifs is 1. The summed E-state index contributed by atoms with van der Waals surface area (Å²) in [5, 5.41) is 0. The van der Waals surface area contributed by atoms with E-state index in [1.54, 1.807) is 17.2 Å². The summed E-state index contributed by atoms with van der Waals surface area (Å²) in [6.45, 7) is 35.0. The molecule has 0 radical (unpaired) electrons. The lowest BCUT2D eigenvalue weighted by molar-refractivity contribution is 0.331. The van der Waals surface area contributed by atoms with E-state index in [1.807, 2.05) is 46.8 Å². The number of allylic oxidation sites excluding steroid dienone is 5. The van der Waals surface area contributed by atoms with Gasteiger partial charge in [-0.1, -0.05) is 127 Å². The van der Waals surface area contributed by atoms with Gasteiger partial charge >= 0.3 is 0 Å². The van der Waals surface area contributed by atoms with Crippen molar-refractivity contribution in [1.82, 2.24) is 0 Å². The summed E-state index contributed by atoms with van der Waals surface area (Å²) in [7, 11) is 0. The third-order valence-electron chi connectivity index (χ3n) is 6.81. The lowest BCUT2D eigenvalue weighted by atomic mass is 9.62. The van der Waals surface area contributed by atoms with Crippen LogP contribution in [0.5, 0.6) is 0 Å². The standard InChI is InChI=1S/C25H32.C5H8.C4H8.C2H6/c1-17(2)20-10-8-9-19(14-20)15-21-16-23-22(13-18(21)3)24(4,5)11-12-25(23,6)7;1-4-5(2)3;1-3-4-2;1-2/h8-10,13-14,16H,1,11-12,15H2,2-7H3;4H,1-2H2,3H3;3-4H,1-2H3;1-2H3/b;;4-3-;. The van der Waals surface area contributed by atoms with Crippen molar-refractivity contribution in [3.05, 3.63) is 113 Å². The quantitative estimate of drug-likeness (QED) is 0.298. The van der Waals surface area contributed by atoms with E-state index in [9.17, 15) is 0 Å². The van der Waals surface area contributed by atoms with Crippen LogP contribution in [0.1, 0.15) is 115 Å². The van der Waals surface area contributed by atoms with Crippen molar-refractivity contribution in [2.75, 3.05) is 0 Å². The second-order valence-electron chi connectivity index (χ2n) is 11.0. The molecule has 2 aromatic rings. The molecule has 0 heterocycles. The van der Waals surface area contributed by atoms with E-state index in [0.29, 0.717) is 0 Å². The zero-order valence-electron chi connectivity index (χ0n) is 25.4. The van der Waals surface area contributed by atoms with Gasteiger partial charge < -0.3 is 0 Å². The van der Waals surface area contributed by atoms with Crippen LogP contribution in [0.3, 0.4) is 0 Å². The molecule has 0 aliphatic heterocycles. The lowest BCUT2D eigenvalue weighted by Crippen LogP contribution is -2.34. The Morgan fingerprint density at radius 1 is 0.861 bits per heavy atom. The van der Waals surface area contributed by atoms with Crippen LogP contribution in [-0.4, -0.2) is 0 Å². The second-order valence-corrected chi connectivity index (χ2v) is 11.0. The molecule has 36 heavy (non-hydrogen) atoms. The van der Waals surface area contributed by atoms with Crippen LogP contribution in [0.4, 0.5) is 0 Å². The summed E-state index contributed by atoms with van der Waals surface area (Å²) < 4.78 is 0. The lowest BCUT2D eigenvalue weighted by Gasteiger charge is -2.42. The van der Waals surface area contributed by atoms with Crippen LogP contribution in [-0.2, 0) is 17.3 Å². The average molecular weight is 487 g/mol. The van der Waals surface area contributed by atoms with Crippen molar-refractivity contribution in [2.24, 2.45) is 0 Å². The zero-order chi connectivity index (χ0) is 28.1. The molecule has 0 saturated heterocycles. The van der Waals surface area contributed by atoms with Gasteiger partial charge in [0.25, 0.3) is 0 Å². The number of aryl methyl sites for hydroxylation is 1. The highest BCUT2D eigenvalue weighted by Crippen LogP contribution is 2.46. The van der Waals surface area contributed by atoms with Gasteiger partial charge in [-0.05, 0) is 98.1 Å². The maximum Gasteiger partial charge on any atom is -0.00228 e. The summed E-state index contributed by atoms with van der Waals surface area (Å²) >= 11 is 0. The van der Waals surface area contributed by atoms with Gasteiger partial charge in [0, 0.05) is 0 Å². The maximum atomic E-state index is 4.08. The summed E-state index contributed by atoms with van der Waals surface area (Å²) in [6, 6.07) is 13.8. The van der Waals surface area contributed by atoms with Gasteiger partial charge in [0.1, 0.15) is 0 Å². The van der Waals surface area contributed by atoms with Gasteiger partial charge in [0.05, 0.1) is 0 Å². The van der Waals surface area contributed by atoms with E-state index in [4.69, 9.17) is 0 Å². The number of benzene rings is 2. The van der Waals surface area contributed by atoms with Crippen molar-refractivity contribution >= 4 is 5.57 Å². The molecule has 2 aromatic carbocycles. The number of rotatable bonds is 4. The van der Waals surface area contributed by atoms with Gasteiger partial charge in [0.15, 0.2) is 0 Å². The van der Waals surface area contributed by atoms with Crippen molar-refractivity contribution in [3.63, 3.8) is 0 Å². The second kappa shape index (κ2) is 15.5. The van der Waals surface area contributed by atoms with Crippen molar-refractivity contribution in [2.45, 2.75) is 106 Å². The molecule has 0 fully saturated rings. The van der Waals surface area contributed by atoms with E-state index in [2.05, 4.69) is 97.7 Å². The largest absolute Gasteiger partial charge is 0.0988 e. The normalized spacial score (nSPS) is 14.5. The predicted octanol–water partition coefficient (Wildman–Crippen LogP) is 11.3. The molecule has 0 amide bonds. The minimum atomic E-state index is 0.271. The van der Waals surface area contributed by atoms with Gasteiger partial charge in [-0.25, -0.2) is 0 Å². The van der Waals surface area contributed by atoms with Gasteiger partial charge in [-0.2, -0.15) is 0 Å². The third-order valence-corrected chi connectivity index (χ3v) is 6.81. The first-order valence-corrected chi connectivity index (χ1v) is 13.5. The summed E-state index contributed by atoms with van der Waals surface area (Å²) in [5.41, 5.74) is 11.3. The Morgan fingerprint density at radius 3 is 1.75 bits per heavy atom. The highest BCUT2D eigenvalue weighted by molar-refractivity contribution is 5.62. The molecule has 0 unspecified atom stereocenters. The highest BCUT2D eigenvalue weighted by Gasteiger charge is 2.37. The molecule has 1 aliphatic rings. The Balaban J connectivity index is 0.000000947. The zero-order valence-corrected chi connectivity index (χ0v) is 25.4. The molecule has 0 saturated carbocycles. The number of hydrogen-bond acceptors (Lipinski definition) is 0. The summed E-state index contributed by atoms with van der Waals surface area (Å²) in [6.07, 6.45) is 9.25. The fourth-order valence-corrected chi connectivity index (χ4v) is 4.12. The highest BCUT2D eigenvalue weighted by atomic mass is 14.4. The Bertz CT molecular complexity index is 1020. The van der Waals surface area contributed by atoms with E-state index in [0.717, 1.165) is 17.6 Å². The fourth-order valence-electron chi connectivity index (χ4n) is 4.12. The molecular weight excluding hydrogens is 432 g/mol. The molecule has 0 nitrogen and oxygen atoms in total. The van der Waals surface area contributed by atoms with Gasteiger partial charge in [-0.3, -0.25) is 0 Å². The summed E-state index contributed by atoms with van der Waals surface area (Å²) in [5.74, 6) is 0. The van der Waals surface area contributed by atoms with Crippen LogP contribution in [0, 0.1) is 6.92 Å². The first-order chi connectivity index (χ1) is 16.8. The molecule has 3 rings (SSSR count). The van der Waals surface area contributed by atoms with Gasteiger partial charge in [0.2, 0.25) is 0 Å². The fraction of sp³-hybridized carbons (Fsp3) is 0.444. The van der Waals surface area contributed by atoms with Crippen LogP contribution >= 0.6 is 0 Å². The molecule has 0 heteroatoms. The monoisotopic (exact) mass is 486 g/mol. The van der Waals surface area contributed by atoms with Crippen molar-refractivity contribution in [1.29, 1.82) is 0 Å². The van der Waals surface area contributed by atoms with Crippen molar-refractivity contribution in [3.8, 4) is 0 Å². The molecule has 198 valence electrons. The van der Waals surface area contributed by atoms with Crippen LogP contribution in [0.2, 0.25) is 0 Å². The molecule has 0 bridgehead atoms. The third kappa shape index (κ3) is 10.2. The Hall–Kier alpha value is -2.60. The first-order valence-electron chi connectivity index (χ1n) is 13.5. The molecule has 0 aromatic heterocycles. The van der Waals surface area contributed by atoms with Crippen molar-refractivity contribution < 1.29 is 0 Å². The van der Waals surface area contributed by atoms with Crippen LogP contribution in [0.25, 0.3) is 5.57 Å². The van der Waals surface area contributed by atoms with E-state index in [-0.39, 0.29) is 10.8 Å². The Kier molecular flexibility index (Phi) is 14.4. The van der Waals surface area contributed by atoms with Crippen LogP contribution in [0.15, 0.2) is 79.9 Å². The number of hydrogen-bond donors (Lipinski definition) is 0. The topological polar surface area (TPSA) is 0 Å². The minimum absolute atomic E-state index is 0.271. The molecule has 0 N–H and O–H groups in total. The predicted molar refractivity (Wildman–Crippen MR) is 167 cm³/mol. The maximum absolute atomic E-state index is 4.08. The Labute approximate surface area is 225 Å². The SMILES string of the molecule is C/C=C\C.C=C(C)c1cccc(Cc2cc3c(cc2C)C(C)(C)CCC3(C)C)c1.C=CC(=C)C.CC. The van der Waals surface area contributed by atoms with E-state index < -0.39 is 0 Å². The molecule has 1 aliphatic carbocycles. The van der Waals surface area contributed by atoms with Gasteiger partial charge in [-0.15, -0.1) is 0 Å². The Morgan fingerprint density at radius 2 is 1.33 bits per heavy atom. The molecule has 0 atom stereocenters.